The van der Waals surface area contributed by atoms with Crippen molar-refractivity contribution in [3.8, 4) is 0 Å². The minimum Gasteiger partial charge on any atom is -0.516 e. The van der Waals surface area contributed by atoms with Crippen LogP contribution in [-0.2, 0) is 4.43 Å². The van der Waals surface area contributed by atoms with Crippen molar-refractivity contribution in [1.29, 1.82) is 0 Å². The Morgan fingerprint density at radius 3 is 2.50 bits per heavy atom. The highest BCUT2D eigenvalue weighted by Gasteiger charge is 2.21. The summed E-state index contributed by atoms with van der Waals surface area (Å²) in [6, 6.07) is 5.54. The molecule has 0 bridgehead atoms. The van der Waals surface area contributed by atoms with Crippen LogP contribution in [0.4, 0.5) is 5.69 Å². The van der Waals surface area contributed by atoms with Crippen LogP contribution in [0.1, 0.15) is 10.4 Å². The van der Waals surface area contributed by atoms with Crippen LogP contribution in [0.25, 0.3) is 0 Å². The average Bonchev–Trinajstić information content (AvgIpc) is 2.15. The molecular formula is C10H13NO4Si. The molecule has 1 aromatic carbocycles. The van der Waals surface area contributed by atoms with Gasteiger partial charge >= 0.3 is 5.97 Å². The molecule has 0 fully saturated rings. The number of nitro benzene ring substituents is 1. The van der Waals surface area contributed by atoms with Gasteiger partial charge in [0.15, 0.2) is 0 Å². The van der Waals surface area contributed by atoms with Gasteiger partial charge in [-0.1, -0.05) is 6.07 Å². The number of benzene rings is 1. The molecule has 0 N–H and O–H groups in total. The lowest BCUT2D eigenvalue weighted by Crippen LogP contribution is -2.29. The van der Waals surface area contributed by atoms with Crippen LogP contribution >= 0.6 is 0 Å². The Balaban J connectivity index is 2.92. The molecule has 0 radical (unpaired) electrons. The molecule has 0 amide bonds. The van der Waals surface area contributed by atoms with E-state index < -0.39 is 19.2 Å². The van der Waals surface area contributed by atoms with Crippen molar-refractivity contribution in [3.05, 3.63) is 39.9 Å². The molecule has 6 heteroatoms. The van der Waals surface area contributed by atoms with Crippen LogP contribution in [0.5, 0.6) is 0 Å². The van der Waals surface area contributed by atoms with Crippen molar-refractivity contribution >= 4 is 20.0 Å². The van der Waals surface area contributed by atoms with E-state index in [1.165, 1.54) is 24.3 Å². The van der Waals surface area contributed by atoms with Gasteiger partial charge in [0.05, 0.1) is 10.5 Å². The summed E-state index contributed by atoms with van der Waals surface area (Å²) in [5.41, 5.74) is 0.113. The third-order valence-electron chi connectivity index (χ3n) is 1.69. The number of nitro groups is 1. The summed E-state index contributed by atoms with van der Waals surface area (Å²) < 4.78 is 5.24. The van der Waals surface area contributed by atoms with Crippen molar-refractivity contribution in [2.24, 2.45) is 0 Å². The lowest BCUT2D eigenvalue weighted by Gasteiger charge is -2.16. The highest BCUT2D eigenvalue weighted by Crippen LogP contribution is 2.15. The van der Waals surface area contributed by atoms with E-state index in [-0.39, 0.29) is 11.3 Å². The van der Waals surface area contributed by atoms with Crippen LogP contribution in [-0.4, -0.2) is 19.2 Å². The Labute approximate surface area is 94.3 Å². The molecule has 16 heavy (non-hydrogen) atoms. The minimum absolute atomic E-state index is 0.106. The predicted molar refractivity (Wildman–Crippen MR) is 61.9 cm³/mol. The van der Waals surface area contributed by atoms with E-state index in [4.69, 9.17) is 4.43 Å². The first-order chi connectivity index (χ1) is 7.29. The normalized spacial score (nSPS) is 10.9. The van der Waals surface area contributed by atoms with Crippen molar-refractivity contribution in [3.63, 3.8) is 0 Å². The van der Waals surface area contributed by atoms with Gasteiger partial charge in [0.1, 0.15) is 0 Å². The van der Waals surface area contributed by atoms with E-state index in [1.54, 1.807) is 0 Å². The van der Waals surface area contributed by atoms with Crippen LogP contribution in [0.3, 0.4) is 0 Å². The zero-order valence-corrected chi connectivity index (χ0v) is 10.4. The summed E-state index contributed by atoms with van der Waals surface area (Å²) in [5, 5.41) is 10.5. The van der Waals surface area contributed by atoms with E-state index in [0.717, 1.165) is 0 Å². The molecule has 0 heterocycles. The fourth-order valence-corrected chi connectivity index (χ4v) is 1.76. The number of rotatable bonds is 3. The van der Waals surface area contributed by atoms with Crippen LogP contribution in [0.2, 0.25) is 19.6 Å². The SMILES string of the molecule is C[Si](C)(C)OC(=O)c1cccc([N+](=O)[O-])c1. The quantitative estimate of drug-likeness (QED) is 0.462. The Morgan fingerprint density at radius 1 is 1.38 bits per heavy atom. The predicted octanol–water partition coefficient (Wildman–Crippen LogP) is 2.59. The van der Waals surface area contributed by atoms with E-state index in [0.29, 0.717) is 0 Å². The van der Waals surface area contributed by atoms with E-state index >= 15 is 0 Å². The third kappa shape index (κ3) is 3.47. The molecule has 0 atom stereocenters. The van der Waals surface area contributed by atoms with Gasteiger partial charge in [-0.3, -0.25) is 10.1 Å². The zero-order valence-electron chi connectivity index (χ0n) is 9.39. The molecule has 0 spiro atoms. The molecule has 0 saturated carbocycles. The second kappa shape index (κ2) is 4.44. The van der Waals surface area contributed by atoms with Crippen molar-refractivity contribution in [2.75, 3.05) is 0 Å². The molecule has 86 valence electrons. The first-order valence-electron chi connectivity index (χ1n) is 4.77. The van der Waals surface area contributed by atoms with Crippen LogP contribution in [0, 0.1) is 10.1 Å². The highest BCUT2D eigenvalue weighted by molar-refractivity contribution is 6.71. The lowest BCUT2D eigenvalue weighted by molar-refractivity contribution is -0.384. The van der Waals surface area contributed by atoms with Gasteiger partial charge in [-0.25, -0.2) is 4.79 Å². The summed E-state index contributed by atoms with van der Waals surface area (Å²) in [6.45, 7) is 5.63. The van der Waals surface area contributed by atoms with E-state index in [9.17, 15) is 14.9 Å². The number of nitrogens with zero attached hydrogens (tertiary/aromatic N) is 1. The molecule has 1 rings (SSSR count). The smallest absolute Gasteiger partial charge is 0.325 e. The Hall–Kier alpha value is -1.69. The largest absolute Gasteiger partial charge is 0.516 e. The van der Waals surface area contributed by atoms with Crippen LogP contribution < -0.4 is 0 Å². The van der Waals surface area contributed by atoms with Gasteiger partial charge in [-0.05, 0) is 25.7 Å². The van der Waals surface area contributed by atoms with Gasteiger partial charge in [0.2, 0.25) is 8.32 Å². The number of hydrogen-bond acceptors (Lipinski definition) is 4. The second-order valence-corrected chi connectivity index (χ2v) is 8.74. The molecule has 5 nitrogen and oxygen atoms in total. The van der Waals surface area contributed by atoms with Crippen molar-refractivity contribution < 1.29 is 14.1 Å². The number of hydrogen-bond donors (Lipinski definition) is 0. The maximum atomic E-state index is 11.6. The van der Waals surface area contributed by atoms with Crippen molar-refractivity contribution in [1.82, 2.24) is 0 Å². The number of carbonyl (C=O) groups is 1. The van der Waals surface area contributed by atoms with Gasteiger partial charge in [0.25, 0.3) is 5.69 Å². The van der Waals surface area contributed by atoms with Crippen LogP contribution in [0.15, 0.2) is 24.3 Å². The Kier molecular flexibility index (Phi) is 3.43. The fraction of sp³-hybridized carbons (Fsp3) is 0.300. The second-order valence-electron chi connectivity index (χ2n) is 4.31. The molecule has 0 aromatic heterocycles. The summed E-state index contributed by atoms with van der Waals surface area (Å²) >= 11 is 0. The third-order valence-corrected chi connectivity index (χ3v) is 2.49. The molecular weight excluding hydrogens is 226 g/mol. The molecule has 0 aliphatic heterocycles. The molecule has 0 aliphatic carbocycles. The fourth-order valence-electron chi connectivity index (χ4n) is 1.08. The maximum Gasteiger partial charge on any atom is 0.325 e. The number of carbonyl (C=O) groups excluding carboxylic acids is 1. The van der Waals surface area contributed by atoms with E-state index in [1.807, 2.05) is 19.6 Å². The number of non-ortho nitro benzene ring substituents is 1. The van der Waals surface area contributed by atoms with Crippen molar-refractivity contribution in [2.45, 2.75) is 19.6 Å². The molecule has 1 aromatic rings. The lowest BCUT2D eigenvalue weighted by atomic mass is 10.2. The first kappa shape index (κ1) is 12.4. The monoisotopic (exact) mass is 239 g/mol. The zero-order chi connectivity index (χ0) is 12.3. The average molecular weight is 239 g/mol. The van der Waals surface area contributed by atoms with Gasteiger partial charge in [0, 0.05) is 12.1 Å². The topological polar surface area (TPSA) is 69.4 Å². The standard InChI is InChI=1S/C10H13NO4Si/c1-16(2,3)15-10(12)8-5-4-6-9(7-8)11(13)14/h4-7H,1-3H3. The maximum absolute atomic E-state index is 11.6. The summed E-state index contributed by atoms with van der Waals surface area (Å²) in [6.07, 6.45) is 0. The first-order valence-corrected chi connectivity index (χ1v) is 8.18. The van der Waals surface area contributed by atoms with E-state index in [2.05, 4.69) is 0 Å². The highest BCUT2D eigenvalue weighted by atomic mass is 28.4. The van der Waals surface area contributed by atoms with Gasteiger partial charge in [-0.2, -0.15) is 0 Å². The summed E-state index contributed by atoms with van der Waals surface area (Å²) in [4.78, 5) is 21.6. The van der Waals surface area contributed by atoms with Gasteiger partial charge in [-0.15, -0.1) is 0 Å². The Bertz CT molecular complexity index is 425. The minimum atomic E-state index is -1.97. The Morgan fingerprint density at radius 2 is 2.00 bits per heavy atom. The summed E-state index contributed by atoms with van der Waals surface area (Å²) in [5.74, 6) is -0.497. The molecule has 0 aliphatic rings. The van der Waals surface area contributed by atoms with Gasteiger partial charge < -0.3 is 4.43 Å². The summed E-state index contributed by atoms with van der Waals surface area (Å²) in [7, 11) is -1.97. The molecule has 0 saturated heterocycles. The molecule has 0 unspecified atom stereocenters.